The predicted octanol–water partition coefficient (Wildman–Crippen LogP) is 3.35. The molecule has 0 saturated carbocycles. The Bertz CT molecular complexity index is 676. The highest BCUT2D eigenvalue weighted by atomic mass is 28.4. The van der Waals surface area contributed by atoms with Crippen molar-refractivity contribution in [2.75, 3.05) is 6.61 Å². The molecule has 5 atom stereocenters. The van der Waals surface area contributed by atoms with Crippen molar-refractivity contribution in [1.82, 2.24) is 0 Å². The Hall–Kier alpha value is -1.45. The number of rotatable bonds is 7. The summed E-state index contributed by atoms with van der Waals surface area (Å²) in [6.07, 6.45) is -3.75. The van der Waals surface area contributed by atoms with E-state index in [0.717, 1.165) is 5.56 Å². The average molecular weight is 410 g/mol. The lowest BCUT2D eigenvalue weighted by molar-refractivity contribution is -0.255. The number of aliphatic hydroxyl groups is 2. The molecule has 0 bridgehead atoms. The van der Waals surface area contributed by atoms with Gasteiger partial charge in [0.2, 0.25) is 0 Å². The number of ether oxygens (including phenoxy) is 2. The van der Waals surface area contributed by atoms with E-state index < -0.39 is 39.0 Å². The van der Waals surface area contributed by atoms with Gasteiger partial charge in [-0.05, 0) is 29.2 Å². The Labute approximate surface area is 167 Å². The van der Waals surface area contributed by atoms with E-state index in [2.05, 4.69) is 30.8 Å². The SMILES string of the molecule is CC(C)(C)[Si](C)(C)OC1OC(CO)[C@H](OCc2ccccc2)[C@H](O)C1N=[N+]=[N-]. The second-order valence-corrected chi connectivity index (χ2v) is 13.3. The van der Waals surface area contributed by atoms with Crippen LogP contribution in [0.25, 0.3) is 10.4 Å². The van der Waals surface area contributed by atoms with Crippen molar-refractivity contribution >= 4 is 8.32 Å². The molecule has 156 valence electrons. The topological polar surface area (TPSA) is 117 Å². The fourth-order valence-electron chi connectivity index (χ4n) is 2.77. The standard InChI is InChI=1S/C19H31N3O5Si/c1-19(2,3)28(4,5)27-18-15(21-22-20)16(24)17(14(11-23)26-18)25-12-13-9-7-6-8-10-13/h6-10,14-18,23-24H,11-12H2,1-5H3/t14?,15?,16-,17+,18?/m1/s1. The van der Waals surface area contributed by atoms with E-state index in [0.29, 0.717) is 0 Å². The van der Waals surface area contributed by atoms with Crippen LogP contribution in [0.5, 0.6) is 0 Å². The van der Waals surface area contributed by atoms with Crippen LogP contribution in [0, 0.1) is 0 Å². The van der Waals surface area contributed by atoms with Crippen molar-refractivity contribution in [3.8, 4) is 0 Å². The first-order valence-electron chi connectivity index (χ1n) is 9.42. The highest BCUT2D eigenvalue weighted by Gasteiger charge is 2.49. The van der Waals surface area contributed by atoms with Crippen LogP contribution >= 0.6 is 0 Å². The maximum absolute atomic E-state index is 10.9. The summed E-state index contributed by atoms with van der Waals surface area (Å²) >= 11 is 0. The molecule has 2 rings (SSSR count). The number of hydrogen-bond acceptors (Lipinski definition) is 6. The monoisotopic (exact) mass is 409 g/mol. The number of hydrogen-bond donors (Lipinski definition) is 2. The fraction of sp³-hybridized carbons (Fsp3) is 0.684. The number of azide groups is 1. The van der Waals surface area contributed by atoms with Crippen molar-refractivity contribution in [2.45, 2.75) is 76.2 Å². The molecule has 1 aromatic rings. The van der Waals surface area contributed by atoms with Crippen LogP contribution in [0.4, 0.5) is 0 Å². The van der Waals surface area contributed by atoms with Crippen molar-refractivity contribution in [3.63, 3.8) is 0 Å². The molecule has 1 fully saturated rings. The molecule has 1 aliphatic heterocycles. The van der Waals surface area contributed by atoms with Crippen LogP contribution < -0.4 is 0 Å². The van der Waals surface area contributed by atoms with Gasteiger partial charge in [-0.15, -0.1) is 0 Å². The van der Waals surface area contributed by atoms with Gasteiger partial charge in [-0.25, -0.2) is 0 Å². The summed E-state index contributed by atoms with van der Waals surface area (Å²) in [7, 11) is -2.27. The first kappa shape index (κ1) is 22.8. The van der Waals surface area contributed by atoms with Gasteiger partial charge in [0.25, 0.3) is 0 Å². The van der Waals surface area contributed by atoms with Gasteiger partial charge in [-0.2, -0.15) is 0 Å². The van der Waals surface area contributed by atoms with E-state index in [4.69, 9.17) is 19.4 Å². The van der Waals surface area contributed by atoms with Gasteiger partial charge >= 0.3 is 0 Å². The summed E-state index contributed by atoms with van der Waals surface area (Å²) in [6, 6.07) is 8.52. The molecular weight excluding hydrogens is 378 g/mol. The van der Waals surface area contributed by atoms with Crippen molar-refractivity contribution in [3.05, 3.63) is 46.3 Å². The van der Waals surface area contributed by atoms with E-state index in [1.54, 1.807) is 0 Å². The van der Waals surface area contributed by atoms with Gasteiger partial charge in [0.05, 0.1) is 19.3 Å². The van der Waals surface area contributed by atoms with Crippen LogP contribution in [0.1, 0.15) is 26.3 Å². The molecule has 1 heterocycles. The molecule has 8 nitrogen and oxygen atoms in total. The second-order valence-electron chi connectivity index (χ2n) is 8.55. The highest BCUT2D eigenvalue weighted by molar-refractivity contribution is 6.74. The summed E-state index contributed by atoms with van der Waals surface area (Å²) in [4.78, 5) is 2.86. The lowest BCUT2D eigenvalue weighted by Crippen LogP contribution is -2.61. The average Bonchev–Trinajstić information content (AvgIpc) is 2.63. The minimum absolute atomic E-state index is 0.0996. The zero-order chi connectivity index (χ0) is 20.9. The molecule has 1 saturated heterocycles. The number of aliphatic hydroxyl groups excluding tert-OH is 2. The lowest BCUT2D eigenvalue weighted by Gasteiger charge is -2.46. The zero-order valence-corrected chi connectivity index (χ0v) is 18.1. The van der Waals surface area contributed by atoms with Crippen LogP contribution in [-0.2, 0) is 20.5 Å². The van der Waals surface area contributed by atoms with Gasteiger partial charge in [0.1, 0.15) is 18.2 Å². The maximum atomic E-state index is 10.9. The molecule has 3 unspecified atom stereocenters. The van der Waals surface area contributed by atoms with E-state index in [1.165, 1.54) is 0 Å². The quantitative estimate of drug-likeness (QED) is 0.310. The van der Waals surface area contributed by atoms with Crippen LogP contribution in [-0.4, -0.2) is 55.8 Å². The normalized spacial score (nSPS) is 28.6. The van der Waals surface area contributed by atoms with Crippen molar-refractivity contribution in [1.29, 1.82) is 0 Å². The van der Waals surface area contributed by atoms with E-state index in [-0.39, 0.29) is 18.3 Å². The van der Waals surface area contributed by atoms with Gasteiger partial charge in [-0.3, -0.25) is 0 Å². The third-order valence-electron chi connectivity index (χ3n) is 5.51. The fourth-order valence-corrected chi connectivity index (χ4v) is 3.90. The molecule has 1 aliphatic rings. The Balaban J connectivity index is 2.20. The zero-order valence-electron chi connectivity index (χ0n) is 17.1. The summed E-state index contributed by atoms with van der Waals surface area (Å²) in [5.74, 6) is 0. The molecule has 28 heavy (non-hydrogen) atoms. The third kappa shape index (κ3) is 5.33. The summed E-state index contributed by atoms with van der Waals surface area (Å²) in [5.41, 5.74) is 9.91. The van der Waals surface area contributed by atoms with Crippen molar-refractivity contribution in [2.24, 2.45) is 5.11 Å². The molecule has 0 aromatic heterocycles. The minimum atomic E-state index is -2.27. The second kappa shape index (κ2) is 9.36. The molecular formula is C19H31N3O5Si. The van der Waals surface area contributed by atoms with Crippen LogP contribution in [0.3, 0.4) is 0 Å². The smallest absolute Gasteiger partial charge is 0.195 e. The first-order chi connectivity index (χ1) is 13.1. The summed E-state index contributed by atoms with van der Waals surface area (Å²) < 4.78 is 18.0. The van der Waals surface area contributed by atoms with E-state index in [1.807, 2.05) is 43.4 Å². The molecule has 0 aliphatic carbocycles. The molecule has 0 amide bonds. The third-order valence-corrected chi connectivity index (χ3v) is 9.94. The molecule has 1 aromatic carbocycles. The Morgan fingerprint density at radius 1 is 1.25 bits per heavy atom. The maximum Gasteiger partial charge on any atom is 0.195 e. The van der Waals surface area contributed by atoms with Gasteiger partial charge in [-0.1, -0.05) is 56.2 Å². The molecule has 9 heteroatoms. The number of benzene rings is 1. The van der Waals surface area contributed by atoms with Gasteiger partial charge < -0.3 is 24.1 Å². The predicted molar refractivity (Wildman–Crippen MR) is 108 cm³/mol. The molecule has 0 radical (unpaired) electrons. The minimum Gasteiger partial charge on any atom is -0.394 e. The van der Waals surface area contributed by atoms with E-state index in [9.17, 15) is 10.2 Å². The summed E-state index contributed by atoms with van der Waals surface area (Å²) in [6.45, 7) is 10.2. The molecule has 0 spiro atoms. The van der Waals surface area contributed by atoms with Crippen molar-refractivity contribution < 1.29 is 24.1 Å². The Morgan fingerprint density at radius 3 is 2.43 bits per heavy atom. The highest BCUT2D eigenvalue weighted by Crippen LogP contribution is 2.39. The van der Waals surface area contributed by atoms with E-state index >= 15 is 0 Å². The Kier molecular flexibility index (Phi) is 7.63. The largest absolute Gasteiger partial charge is 0.394 e. The van der Waals surface area contributed by atoms with Crippen LogP contribution in [0.2, 0.25) is 18.1 Å². The Morgan fingerprint density at radius 2 is 1.89 bits per heavy atom. The van der Waals surface area contributed by atoms with Gasteiger partial charge in [0.15, 0.2) is 14.6 Å². The number of nitrogens with zero attached hydrogens (tertiary/aromatic N) is 3. The lowest BCUT2D eigenvalue weighted by atomic mass is 9.97. The summed E-state index contributed by atoms with van der Waals surface area (Å²) in [5, 5.41) is 24.3. The van der Waals surface area contributed by atoms with Gasteiger partial charge in [0, 0.05) is 4.91 Å². The van der Waals surface area contributed by atoms with Crippen LogP contribution in [0.15, 0.2) is 35.4 Å². The molecule has 2 N–H and O–H groups in total. The first-order valence-corrected chi connectivity index (χ1v) is 12.3.